The van der Waals surface area contributed by atoms with Crippen molar-refractivity contribution in [2.75, 3.05) is 6.54 Å². The third-order valence-electron chi connectivity index (χ3n) is 5.77. The highest BCUT2D eigenvalue weighted by molar-refractivity contribution is 5.96. The molecule has 1 aliphatic heterocycles. The Kier molecular flexibility index (Phi) is 4.93. The van der Waals surface area contributed by atoms with Crippen LogP contribution in [-0.4, -0.2) is 34.8 Å². The number of halogens is 3. The van der Waals surface area contributed by atoms with Crippen LogP contribution in [0.15, 0.2) is 42.5 Å². The number of hydroxylamine groups is 1. The molecule has 1 aliphatic carbocycles. The van der Waals surface area contributed by atoms with Crippen molar-refractivity contribution in [1.82, 2.24) is 10.4 Å². The molecule has 2 amide bonds. The van der Waals surface area contributed by atoms with E-state index in [9.17, 15) is 22.8 Å². The van der Waals surface area contributed by atoms with Gasteiger partial charge in [-0.1, -0.05) is 24.3 Å². The Morgan fingerprint density at radius 1 is 1.20 bits per heavy atom. The standard InChI is InChI=1S/C21H19F3N2O4/c22-21(23,24)30-15-5-1-3-13(9-15)12-26-8-7-20(19(26)28)10-14-4-2-6-16(17(14)11-20)18(27)25-29/h1-6,9,29H,7-8,10-12H2,(H,25,27). The van der Waals surface area contributed by atoms with Crippen molar-refractivity contribution < 1.29 is 32.7 Å². The van der Waals surface area contributed by atoms with Crippen molar-refractivity contribution in [2.45, 2.75) is 32.2 Å². The Morgan fingerprint density at radius 2 is 1.97 bits per heavy atom. The summed E-state index contributed by atoms with van der Waals surface area (Å²) in [6.45, 7) is 0.647. The summed E-state index contributed by atoms with van der Waals surface area (Å²) < 4.78 is 41.3. The van der Waals surface area contributed by atoms with Gasteiger partial charge >= 0.3 is 6.36 Å². The zero-order valence-corrected chi connectivity index (χ0v) is 15.8. The van der Waals surface area contributed by atoms with Crippen LogP contribution in [0.25, 0.3) is 0 Å². The van der Waals surface area contributed by atoms with Crippen LogP contribution in [0.5, 0.6) is 5.75 Å². The fourth-order valence-corrected chi connectivity index (χ4v) is 4.48. The van der Waals surface area contributed by atoms with Gasteiger partial charge in [0.2, 0.25) is 5.91 Å². The first-order valence-electron chi connectivity index (χ1n) is 9.40. The highest BCUT2D eigenvalue weighted by Gasteiger charge is 2.50. The number of hydrogen-bond acceptors (Lipinski definition) is 4. The van der Waals surface area contributed by atoms with Gasteiger partial charge in [0.1, 0.15) is 5.75 Å². The normalized spacial score (nSPS) is 20.5. The van der Waals surface area contributed by atoms with Crippen LogP contribution in [0.3, 0.4) is 0 Å². The van der Waals surface area contributed by atoms with Gasteiger partial charge in [0.15, 0.2) is 0 Å². The SMILES string of the molecule is O=C(NO)c1cccc2c1CC1(CCN(Cc3cccc(OC(F)(F)F)c3)C1=O)C2. The molecule has 2 aromatic carbocycles. The van der Waals surface area contributed by atoms with Crippen molar-refractivity contribution in [3.63, 3.8) is 0 Å². The highest BCUT2D eigenvalue weighted by atomic mass is 19.4. The van der Waals surface area contributed by atoms with Gasteiger partial charge in [-0.25, -0.2) is 5.48 Å². The molecule has 1 spiro atoms. The number of ether oxygens (including phenoxy) is 1. The fraction of sp³-hybridized carbons (Fsp3) is 0.333. The van der Waals surface area contributed by atoms with E-state index in [-0.39, 0.29) is 18.2 Å². The van der Waals surface area contributed by atoms with Gasteiger partial charge in [-0.2, -0.15) is 0 Å². The van der Waals surface area contributed by atoms with Crippen LogP contribution in [0.4, 0.5) is 13.2 Å². The zero-order chi connectivity index (χ0) is 21.5. The Morgan fingerprint density at radius 3 is 2.70 bits per heavy atom. The number of nitrogens with zero attached hydrogens (tertiary/aromatic N) is 1. The van der Waals surface area contributed by atoms with Crippen molar-refractivity contribution >= 4 is 11.8 Å². The largest absolute Gasteiger partial charge is 0.573 e. The predicted molar refractivity (Wildman–Crippen MR) is 98.7 cm³/mol. The maximum absolute atomic E-state index is 13.2. The van der Waals surface area contributed by atoms with Gasteiger partial charge in [0.25, 0.3) is 5.91 Å². The second-order valence-corrected chi connectivity index (χ2v) is 7.69. The topological polar surface area (TPSA) is 78.9 Å². The minimum atomic E-state index is -4.78. The molecule has 2 N–H and O–H groups in total. The molecule has 0 bridgehead atoms. The third kappa shape index (κ3) is 3.72. The number of carbonyl (C=O) groups excluding carboxylic acids is 2. The minimum absolute atomic E-state index is 0.0869. The van der Waals surface area contributed by atoms with Crippen molar-refractivity contribution in [3.8, 4) is 5.75 Å². The Labute approximate surface area is 170 Å². The monoisotopic (exact) mass is 420 g/mol. The van der Waals surface area contributed by atoms with E-state index in [0.29, 0.717) is 36.9 Å². The van der Waals surface area contributed by atoms with Crippen LogP contribution in [0.1, 0.15) is 33.5 Å². The molecular weight excluding hydrogens is 401 g/mol. The summed E-state index contributed by atoms with van der Waals surface area (Å²) in [5.41, 5.74) is 3.49. The molecule has 2 aromatic rings. The number of nitrogens with one attached hydrogen (secondary N) is 1. The van der Waals surface area contributed by atoms with E-state index in [4.69, 9.17) is 5.21 Å². The number of carbonyl (C=O) groups is 2. The lowest BCUT2D eigenvalue weighted by atomic mass is 9.83. The molecule has 158 valence electrons. The first-order valence-corrected chi connectivity index (χ1v) is 9.40. The van der Waals surface area contributed by atoms with Crippen LogP contribution in [0.2, 0.25) is 0 Å². The molecule has 1 heterocycles. The smallest absolute Gasteiger partial charge is 0.406 e. The molecule has 1 unspecified atom stereocenters. The highest BCUT2D eigenvalue weighted by Crippen LogP contribution is 2.46. The van der Waals surface area contributed by atoms with E-state index in [1.54, 1.807) is 28.6 Å². The molecule has 1 saturated heterocycles. The Hall–Kier alpha value is -3.07. The second kappa shape index (κ2) is 7.32. The van der Waals surface area contributed by atoms with Crippen molar-refractivity contribution in [1.29, 1.82) is 0 Å². The van der Waals surface area contributed by atoms with E-state index in [1.165, 1.54) is 18.2 Å². The summed E-state index contributed by atoms with van der Waals surface area (Å²) in [5.74, 6) is -1.03. The third-order valence-corrected chi connectivity index (χ3v) is 5.77. The van der Waals surface area contributed by atoms with Gasteiger partial charge in [0.05, 0.1) is 5.41 Å². The molecule has 0 saturated carbocycles. The quantitative estimate of drug-likeness (QED) is 0.588. The predicted octanol–water partition coefficient (Wildman–Crippen LogP) is 3.22. The average molecular weight is 420 g/mol. The molecule has 30 heavy (non-hydrogen) atoms. The molecule has 4 rings (SSSR count). The number of benzene rings is 2. The lowest BCUT2D eigenvalue weighted by Gasteiger charge is -2.23. The number of amides is 2. The van der Waals surface area contributed by atoms with Crippen LogP contribution in [-0.2, 0) is 24.2 Å². The summed E-state index contributed by atoms with van der Waals surface area (Å²) in [5, 5.41) is 8.97. The second-order valence-electron chi connectivity index (χ2n) is 7.69. The Balaban J connectivity index is 1.51. The number of fused-ring (bicyclic) bond motifs is 1. The lowest BCUT2D eigenvalue weighted by Crippen LogP contribution is -2.35. The van der Waals surface area contributed by atoms with Crippen LogP contribution < -0.4 is 10.2 Å². The molecular formula is C21H19F3N2O4. The fourth-order valence-electron chi connectivity index (χ4n) is 4.48. The number of alkyl halides is 3. The maximum atomic E-state index is 13.2. The molecule has 1 atom stereocenters. The van der Waals surface area contributed by atoms with E-state index < -0.39 is 17.7 Å². The van der Waals surface area contributed by atoms with Gasteiger partial charge in [-0.3, -0.25) is 14.8 Å². The first-order chi connectivity index (χ1) is 14.2. The lowest BCUT2D eigenvalue weighted by molar-refractivity contribution is -0.274. The zero-order valence-electron chi connectivity index (χ0n) is 15.8. The van der Waals surface area contributed by atoms with E-state index in [0.717, 1.165) is 11.1 Å². The van der Waals surface area contributed by atoms with E-state index in [1.807, 2.05) is 6.07 Å². The molecule has 0 aromatic heterocycles. The summed E-state index contributed by atoms with van der Waals surface area (Å²) in [7, 11) is 0. The summed E-state index contributed by atoms with van der Waals surface area (Å²) in [6.07, 6.45) is -3.32. The van der Waals surface area contributed by atoms with Gasteiger partial charge < -0.3 is 9.64 Å². The average Bonchev–Trinajstić information content (AvgIpc) is 3.21. The first kappa shape index (κ1) is 20.2. The molecule has 6 nitrogen and oxygen atoms in total. The van der Waals surface area contributed by atoms with Crippen LogP contribution in [0, 0.1) is 5.41 Å². The van der Waals surface area contributed by atoms with Gasteiger partial charge in [-0.05, 0) is 54.2 Å². The maximum Gasteiger partial charge on any atom is 0.573 e. The number of hydrogen-bond donors (Lipinski definition) is 2. The van der Waals surface area contributed by atoms with Gasteiger partial charge in [0, 0.05) is 18.7 Å². The van der Waals surface area contributed by atoms with E-state index >= 15 is 0 Å². The summed E-state index contributed by atoms with van der Waals surface area (Å²) in [6, 6.07) is 10.8. The minimum Gasteiger partial charge on any atom is -0.406 e. The molecule has 0 radical (unpaired) electrons. The van der Waals surface area contributed by atoms with Crippen molar-refractivity contribution in [2.24, 2.45) is 5.41 Å². The molecule has 1 fully saturated rings. The number of likely N-dealkylation sites (tertiary alicyclic amines) is 1. The van der Waals surface area contributed by atoms with Crippen molar-refractivity contribution in [3.05, 3.63) is 64.7 Å². The van der Waals surface area contributed by atoms with Gasteiger partial charge in [-0.15, -0.1) is 13.2 Å². The summed E-state index contributed by atoms with van der Waals surface area (Å²) in [4.78, 5) is 26.8. The van der Waals surface area contributed by atoms with E-state index in [2.05, 4.69) is 4.74 Å². The Bertz CT molecular complexity index is 1010. The molecule has 9 heteroatoms. The number of rotatable bonds is 4. The summed E-state index contributed by atoms with van der Waals surface area (Å²) >= 11 is 0. The molecule has 2 aliphatic rings. The van der Waals surface area contributed by atoms with Crippen LogP contribution >= 0.6 is 0 Å².